The summed E-state index contributed by atoms with van der Waals surface area (Å²) in [5.74, 6) is -0.927. The van der Waals surface area contributed by atoms with Crippen LogP contribution in [-0.2, 0) is 19.5 Å². The number of nitrogens with one attached hydrogen (secondary N) is 2. The lowest BCUT2D eigenvalue weighted by Crippen LogP contribution is -2.43. The monoisotopic (exact) mass is 560 g/mol. The Morgan fingerprint density at radius 1 is 1.02 bits per heavy atom. The summed E-state index contributed by atoms with van der Waals surface area (Å²) in [6.45, 7) is 0.743. The highest BCUT2D eigenvalue weighted by molar-refractivity contribution is 5.89. The largest absolute Gasteiger partial charge is 0.497 e. The predicted octanol–water partition coefficient (Wildman–Crippen LogP) is 4.79. The molecule has 0 saturated carbocycles. The highest BCUT2D eigenvalue weighted by Gasteiger charge is 2.27. The van der Waals surface area contributed by atoms with E-state index in [2.05, 4.69) is 10.6 Å². The summed E-state index contributed by atoms with van der Waals surface area (Å²) >= 11 is 0. The van der Waals surface area contributed by atoms with E-state index in [-0.39, 0.29) is 17.8 Å². The maximum absolute atomic E-state index is 14.0. The SMILES string of the molecule is COc1ccc(CNc2nc3c(c(=O)n2-c2ccc(N(C)C)cc2)CN(C(=O)Nc2ccc(F)c(F)c2)CC3)cc1. The molecule has 0 bridgehead atoms. The Kier molecular flexibility index (Phi) is 7.86. The quantitative estimate of drug-likeness (QED) is 0.338. The van der Waals surface area contributed by atoms with E-state index in [9.17, 15) is 18.4 Å². The zero-order valence-corrected chi connectivity index (χ0v) is 22.9. The number of carbonyl (C=O) groups excluding carboxylic acids is 1. The number of rotatable bonds is 7. The zero-order chi connectivity index (χ0) is 29.1. The summed E-state index contributed by atoms with van der Waals surface area (Å²) in [4.78, 5) is 35.2. The molecule has 0 atom stereocenters. The number of hydrogen-bond donors (Lipinski definition) is 2. The number of amides is 2. The number of nitrogens with zero attached hydrogens (tertiary/aromatic N) is 4. The van der Waals surface area contributed by atoms with E-state index in [1.165, 1.54) is 15.5 Å². The fourth-order valence-electron chi connectivity index (χ4n) is 4.61. The molecule has 4 aromatic rings. The van der Waals surface area contributed by atoms with Crippen molar-refractivity contribution in [2.45, 2.75) is 19.5 Å². The second-order valence-corrected chi connectivity index (χ2v) is 9.84. The van der Waals surface area contributed by atoms with Crippen LogP contribution >= 0.6 is 0 Å². The van der Waals surface area contributed by atoms with E-state index in [0.717, 1.165) is 29.1 Å². The first-order valence-corrected chi connectivity index (χ1v) is 13.0. The van der Waals surface area contributed by atoms with Crippen molar-refractivity contribution in [1.29, 1.82) is 0 Å². The van der Waals surface area contributed by atoms with Gasteiger partial charge in [0.15, 0.2) is 11.6 Å². The minimum Gasteiger partial charge on any atom is -0.497 e. The standard InChI is InChI=1S/C30H30F2N6O3/c1-36(2)21-7-9-22(10-8-21)38-28(39)24-18-37(30(40)34-20-6-13-25(31)26(32)16-20)15-14-27(24)35-29(38)33-17-19-4-11-23(41-3)12-5-19/h4-13,16H,14-15,17-18H2,1-3H3,(H,33,35)(H,34,40). The summed E-state index contributed by atoms with van der Waals surface area (Å²) in [6.07, 6.45) is 0.355. The number of hydrogen-bond acceptors (Lipinski definition) is 6. The van der Waals surface area contributed by atoms with Gasteiger partial charge in [0.1, 0.15) is 5.75 Å². The first kappa shape index (κ1) is 27.6. The van der Waals surface area contributed by atoms with Crippen molar-refractivity contribution < 1.29 is 18.3 Å². The van der Waals surface area contributed by atoms with Gasteiger partial charge >= 0.3 is 6.03 Å². The van der Waals surface area contributed by atoms with E-state index in [1.807, 2.05) is 67.5 Å². The number of urea groups is 1. The molecule has 2 N–H and O–H groups in total. The lowest BCUT2D eigenvalue weighted by Gasteiger charge is -2.29. The summed E-state index contributed by atoms with van der Waals surface area (Å²) in [6, 6.07) is 17.7. The van der Waals surface area contributed by atoms with Crippen molar-refractivity contribution in [2.24, 2.45) is 0 Å². The highest BCUT2D eigenvalue weighted by atomic mass is 19.2. The van der Waals surface area contributed by atoms with Crippen molar-refractivity contribution in [1.82, 2.24) is 14.5 Å². The molecule has 0 unspecified atom stereocenters. The smallest absolute Gasteiger partial charge is 0.322 e. The Hall–Kier alpha value is -4.93. The van der Waals surface area contributed by atoms with Crippen LogP contribution in [0.2, 0.25) is 0 Å². The van der Waals surface area contributed by atoms with Crippen LogP contribution in [0.1, 0.15) is 16.8 Å². The summed E-state index contributed by atoms with van der Waals surface area (Å²) in [5, 5.41) is 5.89. The van der Waals surface area contributed by atoms with Crippen molar-refractivity contribution in [3.63, 3.8) is 0 Å². The highest BCUT2D eigenvalue weighted by Crippen LogP contribution is 2.23. The minimum absolute atomic E-state index is 0.0191. The van der Waals surface area contributed by atoms with Crippen LogP contribution < -0.4 is 25.8 Å². The molecule has 0 spiro atoms. The van der Waals surface area contributed by atoms with Crippen LogP contribution in [0.3, 0.4) is 0 Å². The van der Waals surface area contributed by atoms with Crippen LogP contribution in [-0.4, -0.2) is 48.2 Å². The average Bonchev–Trinajstić information content (AvgIpc) is 2.98. The van der Waals surface area contributed by atoms with E-state index in [4.69, 9.17) is 9.72 Å². The molecule has 1 aliphatic heterocycles. The van der Waals surface area contributed by atoms with Gasteiger partial charge in [-0.3, -0.25) is 4.79 Å². The number of aromatic nitrogens is 2. The number of fused-ring (bicyclic) bond motifs is 1. The second-order valence-electron chi connectivity index (χ2n) is 9.84. The van der Waals surface area contributed by atoms with Crippen molar-refractivity contribution in [3.8, 4) is 11.4 Å². The van der Waals surface area contributed by atoms with Crippen LogP contribution in [0.4, 0.5) is 30.9 Å². The fraction of sp³-hybridized carbons (Fsp3) is 0.233. The molecule has 0 aliphatic carbocycles. The van der Waals surface area contributed by atoms with Gasteiger partial charge in [0, 0.05) is 51.0 Å². The molecule has 11 heteroatoms. The van der Waals surface area contributed by atoms with Crippen LogP contribution in [0.25, 0.3) is 5.69 Å². The van der Waals surface area contributed by atoms with Gasteiger partial charge < -0.3 is 25.2 Å². The van der Waals surface area contributed by atoms with Gasteiger partial charge in [-0.05, 0) is 54.1 Å². The Balaban J connectivity index is 1.46. The summed E-state index contributed by atoms with van der Waals surface area (Å²) in [5.41, 5.74) is 3.39. The lowest BCUT2D eigenvalue weighted by atomic mass is 10.1. The third-order valence-corrected chi connectivity index (χ3v) is 6.92. The fourth-order valence-corrected chi connectivity index (χ4v) is 4.61. The summed E-state index contributed by atoms with van der Waals surface area (Å²) < 4.78 is 33.7. The van der Waals surface area contributed by atoms with Crippen LogP contribution in [0.15, 0.2) is 71.5 Å². The van der Waals surface area contributed by atoms with E-state index < -0.39 is 17.7 Å². The molecule has 1 aliphatic rings. The number of halogens is 2. The molecule has 41 heavy (non-hydrogen) atoms. The van der Waals surface area contributed by atoms with Gasteiger partial charge in [-0.1, -0.05) is 12.1 Å². The van der Waals surface area contributed by atoms with E-state index in [1.54, 1.807) is 7.11 Å². The average molecular weight is 561 g/mol. The third kappa shape index (κ3) is 5.98. The Bertz CT molecular complexity index is 1620. The Morgan fingerprint density at radius 3 is 2.41 bits per heavy atom. The van der Waals surface area contributed by atoms with Crippen LogP contribution in [0, 0.1) is 11.6 Å². The van der Waals surface area contributed by atoms with Crippen molar-refractivity contribution in [3.05, 3.63) is 106 Å². The zero-order valence-electron chi connectivity index (χ0n) is 22.9. The first-order valence-electron chi connectivity index (χ1n) is 13.0. The van der Waals surface area contributed by atoms with Gasteiger partial charge in [-0.25, -0.2) is 23.1 Å². The molecular weight excluding hydrogens is 530 g/mol. The Labute approximate surface area is 236 Å². The van der Waals surface area contributed by atoms with Gasteiger partial charge in [0.2, 0.25) is 5.95 Å². The van der Waals surface area contributed by atoms with Crippen molar-refractivity contribution in [2.75, 3.05) is 43.3 Å². The predicted molar refractivity (Wildman–Crippen MR) is 154 cm³/mol. The number of methoxy groups -OCH3 is 1. The normalized spacial score (nSPS) is 12.5. The molecule has 2 heterocycles. The van der Waals surface area contributed by atoms with E-state index >= 15 is 0 Å². The molecule has 3 aromatic carbocycles. The number of benzene rings is 3. The lowest BCUT2D eigenvalue weighted by molar-refractivity contribution is 0.205. The third-order valence-electron chi connectivity index (χ3n) is 6.92. The first-order chi connectivity index (χ1) is 19.7. The molecule has 5 rings (SSSR count). The number of carbonyl (C=O) groups is 1. The second kappa shape index (κ2) is 11.7. The van der Waals surface area contributed by atoms with Gasteiger partial charge in [-0.15, -0.1) is 0 Å². The molecule has 1 aromatic heterocycles. The Morgan fingerprint density at radius 2 is 1.76 bits per heavy atom. The molecule has 212 valence electrons. The van der Waals surface area contributed by atoms with Gasteiger partial charge in [0.25, 0.3) is 5.56 Å². The molecule has 0 radical (unpaired) electrons. The van der Waals surface area contributed by atoms with Crippen LogP contribution in [0.5, 0.6) is 5.75 Å². The number of ether oxygens (including phenoxy) is 1. The van der Waals surface area contributed by atoms with Gasteiger partial charge in [-0.2, -0.15) is 0 Å². The topological polar surface area (TPSA) is 91.7 Å². The summed E-state index contributed by atoms with van der Waals surface area (Å²) in [7, 11) is 5.48. The van der Waals surface area contributed by atoms with Crippen molar-refractivity contribution >= 4 is 23.4 Å². The molecular formula is C30H30F2N6O3. The minimum atomic E-state index is -1.06. The maximum atomic E-state index is 14.0. The molecule has 0 saturated heterocycles. The number of anilines is 3. The molecule has 2 amide bonds. The van der Waals surface area contributed by atoms with E-state index in [0.29, 0.717) is 42.4 Å². The molecule has 9 nitrogen and oxygen atoms in total. The molecule has 0 fully saturated rings. The van der Waals surface area contributed by atoms with Gasteiger partial charge in [0.05, 0.1) is 30.6 Å². The maximum Gasteiger partial charge on any atom is 0.322 e.